The molecule has 80 valence electrons. The predicted molar refractivity (Wildman–Crippen MR) is 39.9 cm³/mol. The maximum absolute atomic E-state index is 10.1. The molecule has 0 saturated heterocycles. The van der Waals surface area contributed by atoms with E-state index < -0.39 is 37.0 Å². The van der Waals surface area contributed by atoms with E-state index in [9.17, 15) is 4.79 Å². The standard InChI is InChI=1S/C6H12O7.Na.H/c7-1-2(8)3(9)4(10)5(11)6(12)13;;/h2-5,7-11H,1H2,(H,12,13);;/q;+1;-1/t2-,3-,4+,5+;;/m1../s1. The molecular weight excluding hydrogens is 207 g/mol. The molecule has 0 aliphatic heterocycles. The fourth-order valence-electron chi connectivity index (χ4n) is 0.668. The van der Waals surface area contributed by atoms with Gasteiger partial charge in [-0.3, -0.25) is 0 Å². The van der Waals surface area contributed by atoms with Crippen LogP contribution < -0.4 is 29.6 Å². The normalized spacial score (nSPS) is 18.9. The molecule has 0 bridgehead atoms. The van der Waals surface area contributed by atoms with E-state index in [4.69, 9.17) is 30.6 Å². The first-order chi connectivity index (χ1) is 5.91. The Morgan fingerprint density at radius 1 is 1.14 bits per heavy atom. The van der Waals surface area contributed by atoms with E-state index in [0.29, 0.717) is 0 Å². The van der Waals surface area contributed by atoms with Crippen molar-refractivity contribution < 1.29 is 66.4 Å². The van der Waals surface area contributed by atoms with Crippen molar-refractivity contribution in [3.05, 3.63) is 0 Å². The van der Waals surface area contributed by atoms with Crippen LogP contribution in [0.25, 0.3) is 0 Å². The van der Waals surface area contributed by atoms with Gasteiger partial charge in [-0.1, -0.05) is 0 Å². The maximum atomic E-state index is 10.1. The molecule has 0 spiro atoms. The summed E-state index contributed by atoms with van der Waals surface area (Å²) in [6.45, 7) is -0.843. The van der Waals surface area contributed by atoms with E-state index >= 15 is 0 Å². The van der Waals surface area contributed by atoms with Crippen LogP contribution in [0.1, 0.15) is 1.43 Å². The average Bonchev–Trinajstić information content (AvgIpc) is 2.12. The first-order valence-electron chi connectivity index (χ1n) is 3.47. The molecule has 0 rings (SSSR count). The summed E-state index contributed by atoms with van der Waals surface area (Å²) in [5.41, 5.74) is 0. The summed E-state index contributed by atoms with van der Waals surface area (Å²) in [5.74, 6) is -1.73. The van der Waals surface area contributed by atoms with Crippen molar-refractivity contribution in [3.8, 4) is 0 Å². The van der Waals surface area contributed by atoms with Gasteiger partial charge in [0.25, 0.3) is 0 Å². The van der Waals surface area contributed by atoms with Crippen LogP contribution in [0.2, 0.25) is 0 Å². The van der Waals surface area contributed by atoms with Crippen molar-refractivity contribution in [3.63, 3.8) is 0 Å². The first-order valence-corrected chi connectivity index (χ1v) is 3.47. The van der Waals surface area contributed by atoms with Gasteiger partial charge >= 0.3 is 35.5 Å². The summed E-state index contributed by atoms with van der Waals surface area (Å²) < 4.78 is 0. The summed E-state index contributed by atoms with van der Waals surface area (Å²) in [4.78, 5) is 10.1. The Hall–Kier alpha value is 0.270. The molecule has 0 aliphatic carbocycles. The Morgan fingerprint density at radius 2 is 1.57 bits per heavy atom. The molecule has 0 unspecified atom stereocenters. The SMILES string of the molecule is O=C(O)[C@@H](O)[C@@H](O)[C@H](O)[C@H](O)CO.[H-].[Na+]. The topological polar surface area (TPSA) is 138 Å². The number of aliphatic hydroxyl groups is 5. The fraction of sp³-hybridized carbons (Fsp3) is 0.833. The van der Waals surface area contributed by atoms with Crippen LogP contribution in [0.5, 0.6) is 0 Å². The zero-order valence-corrected chi connectivity index (χ0v) is 9.61. The number of aliphatic carboxylic acids is 1. The number of rotatable bonds is 5. The zero-order valence-electron chi connectivity index (χ0n) is 8.61. The van der Waals surface area contributed by atoms with Gasteiger partial charge in [-0.2, -0.15) is 0 Å². The Labute approximate surface area is 103 Å². The van der Waals surface area contributed by atoms with Crippen LogP contribution in [0, 0.1) is 0 Å². The minimum atomic E-state index is -2.20. The van der Waals surface area contributed by atoms with E-state index in [1.54, 1.807) is 0 Å². The molecule has 7 nitrogen and oxygen atoms in total. The summed E-state index contributed by atoms with van der Waals surface area (Å²) >= 11 is 0. The molecule has 0 fully saturated rings. The molecule has 0 aromatic rings. The second kappa shape index (κ2) is 7.55. The summed E-state index contributed by atoms with van der Waals surface area (Å²) in [5, 5.41) is 51.8. The number of hydrogen-bond acceptors (Lipinski definition) is 6. The predicted octanol–water partition coefficient (Wildman–Crippen LogP) is -6.38. The number of carbonyl (C=O) groups is 1. The Bertz CT molecular complexity index is 181. The van der Waals surface area contributed by atoms with Gasteiger partial charge in [0, 0.05) is 0 Å². The molecule has 4 atom stereocenters. The number of aliphatic hydroxyl groups excluding tert-OH is 5. The summed E-state index contributed by atoms with van der Waals surface area (Å²) in [6, 6.07) is 0. The number of carboxylic acids is 1. The Kier molecular flexibility index (Phi) is 9.00. The third-order valence-electron chi connectivity index (χ3n) is 1.51. The molecule has 0 aliphatic rings. The van der Waals surface area contributed by atoms with Crippen molar-refractivity contribution in [1.82, 2.24) is 0 Å². The molecular formula is C6H13NaO7. The van der Waals surface area contributed by atoms with Crippen molar-refractivity contribution in [2.45, 2.75) is 24.4 Å². The van der Waals surface area contributed by atoms with Crippen molar-refractivity contribution in [2.75, 3.05) is 6.61 Å². The largest absolute Gasteiger partial charge is 1.00 e. The fourth-order valence-corrected chi connectivity index (χ4v) is 0.668. The first kappa shape index (κ1) is 16.7. The van der Waals surface area contributed by atoms with Gasteiger partial charge in [-0.05, 0) is 0 Å². The summed E-state index contributed by atoms with van der Waals surface area (Å²) in [7, 11) is 0. The van der Waals surface area contributed by atoms with E-state index in [-0.39, 0.29) is 31.0 Å². The Balaban J connectivity index is -0.000000720. The molecule has 6 N–H and O–H groups in total. The minimum absolute atomic E-state index is 0. The van der Waals surface area contributed by atoms with E-state index in [2.05, 4.69) is 0 Å². The maximum Gasteiger partial charge on any atom is 1.00 e. The third kappa shape index (κ3) is 4.67. The molecule has 0 amide bonds. The molecule has 0 saturated carbocycles. The van der Waals surface area contributed by atoms with Crippen LogP contribution in [0.3, 0.4) is 0 Å². The number of hydrogen-bond donors (Lipinski definition) is 6. The van der Waals surface area contributed by atoms with Crippen LogP contribution in [0.15, 0.2) is 0 Å². The summed E-state index contributed by atoms with van der Waals surface area (Å²) in [6.07, 6.45) is -7.84. The van der Waals surface area contributed by atoms with Gasteiger partial charge < -0.3 is 32.1 Å². The van der Waals surface area contributed by atoms with E-state index in [1.165, 1.54) is 0 Å². The van der Waals surface area contributed by atoms with Crippen molar-refractivity contribution in [2.24, 2.45) is 0 Å². The molecule has 0 radical (unpaired) electrons. The van der Waals surface area contributed by atoms with Gasteiger partial charge in [0.1, 0.15) is 18.3 Å². The number of carboxylic acid groups (broad SMARTS) is 1. The van der Waals surface area contributed by atoms with Gasteiger partial charge in [0.05, 0.1) is 6.61 Å². The molecule has 0 heterocycles. The molecule has 0 aromatic heterocycles. The van der Waals surface area contributed by atoms with Gasteiger partial charge in [-0.25, -0.2) is 4.79 Å². The van der Waals surface area contributed by atoms with Crippen LogP contribution >= 0.6 is 0 Å². The molecule has 14 heavy (non-hydrogen) atoms. The third-order valence-corrected chi connectivity index (χ3v) is 1.51. The van der Waals surface area contributed by atoms with E-state index in [1.807, 2.05) is 0 Å². The van der Waals surface area contributed by atoms with Crippen LogP contribution in [0.4, 0.5) is 0 Å². The van der Waals surface area contributed by atoms with Crippen molar-refractivity contribution in [1.29, 1.82) is 0 Å². The quantitative estimate of drug-likeness (QED) is 0.253. The van der Waals surface area contributed by atoms with Gasteiger partial charge in [0.2, 0.25) is 0 Å². The molecule has 0 aromatic carbocycles. The second-order valence-electron chi connectivity index (χ2n) is 2.51. The van der Waals surface area contributed by atoms with Gasteiger partial charge in [0.15, 0.2) is 6.10 Å². The van der Waals surface area contributed by atoms with Gasteiger partial charge in [-0.15, -0.1) is 0 Å². The smallest absolute Gasteiger partial charge is 1.00 e. The Morgan fingerprint density at radius 3 is 1.86 bits per heavy atom. The second-order valence-corrected chi connectivity index (χ2v) is 2.51. The van der Waals surface area contributed by atoms with Crippen LogP contribution in [-0.2, 0) is 4.79 Å². The average molecular weight is 220 g/mol. The minimum Gasteiger partial charge on any atom is -1.00 e. The van der Waals surface area contributed by atoms with Crippen molar-refractivity contribution >= 4 is 5.97 Å². The monoisotopic (exact) mass is 220 g/mol. The van der Waals surface area contributed by atoms with E-state index in [0.717, 1.165) is 0 Å². The zero-order chi connectivity index (χ0) is 10.6. The molecule has 8 heteroatoms. The van der Waals surface area contributed by atoms with Crippen LogP contribution in [-0.4, -0.2) is 67.6 Å².